The maximum Gasteiger partial charge on any atom is 0.264 e. The van der Waals surface area contributed by atoms with Crippen LogP contribution in [-0.2, 0) is 10.1 Å². The van der Waals surface area contributed by atoms with E-state index >= 15 is 0 Å². The first-order chi connectivity index (χ1) is 8.95. The molecule has 0 aliphatic rings. The third kappa shape index (κ3) is 15.8. The molecule has 4 nitrogen and oxygen atoms in total. The third-order valence-corrected chi connectivity index (χ3v) is 4.14. The van der Waals surface area contributed by atoms with Gasteiger partial charge in [-0.15, -0.1) is 0 Å². The number of aliphatic hydroxyl groups excluding tert-OH is 1. The highest BCUT2D eigenvalue weighted by Gasteiger charge is 2.05. The van der Waals surface area contributed by atoms with Crippen LogP contribution in [-0.4, -0.2) is 29.9 Å². The van der Waals surface area contributed by atoms with Crippen molar-refractivity contribution in [1.82, 2.24) is 0 Å². The summed E-state index contributed by atoms with van der Waals surface area (Å²) in [6.07, 6.45) is 10.7. The predicted octanol–water partition coefficient (Wildman–Crippen LogP) is 3.55. The zero-order valence-electron chi connectivity index (χ0n) is 12.2. The molecular formula is C14H30O4S. The summed E-state index contributed by atoms with van der Waals surface area (Å²) in [6, 6.07) is 0. The van der Waals surface area contributed by atoms with E-state index in [1.54, 1.807) is 0 Å². The summed E-state index contributed by atoms with van der Waals surface area (Å²) < 4.78 is 29.5. The van der Waals surface area contributed by atoms with Crippen molar-refractivity contribution in [3.8, 4) is 0 Å². The summed E-state index contributed by atoms with van der Waals surface area (Å²) in [4.78, 5) is 0. The summed E-state index contributed by atoms with van der Waals surface area (Å²) in [5.74, 6) is -0.132. The van der Waals surface area contributed by atoms with Crippen LogP contribution in [0.5, 0.6) is 0 Å². The van der Waals surface area contributed by atoms with Crippen LogP contribution in [0, 0.1) is 0 Å². The fourth-order valence-corrected chi connectivity index (χ4v) is 2.71. The van der Waals surface area contributed by atoms with Crippen molar-refractivity contribution >= 4 is 10.1 Å². The van der Waals surface area contributed by atoms with Crippen molar-refractivity contribution in [3.63, 3.8) is 0 Å². The molecule has 0 aromatic heterocycles. The Bertz CT molecular complexity index is 288. The van der Waals surface area contributed by atoms with Crippen LogP contribution in [0.1, 0.15) is 77.6 Å². The Hall–Kier alpha value is -0.130. The molecule has 0 amide bonds. The number of unbranched alkanes of at least 4 members (excludes halogenated alkanes) is 7. The average molecular weight is 294 g/mol. The normalized spacial score (nSPS) is 13.6. The molecule has 0 aromatic carbocycles. The lowest BCUT2D eigenvalue weighted by Crippen LogP contribution is -2.06. The van der Waals surface area contributed by atoms with Crippen molar-refractivity contribution in [3.05, 3.63) is 0 Å². The van der Waals surface area contributed by atoms with Crippen molar-refractivity contribution in [1.29, 1.82) is 0 Å². The van der Waals surface area contributed by atoms with Crippen LogP contribution in [0.15, 0.2) is 0 Å². The molecule has 0 saturated heterocycles. The van der Waals surface area contributed by atoms with E-state index in [-0.39, 0.29) is 11.9 Å². The van der Waals surface area contributed by atoms with E-state index in [1.165, 1.54) is 19.3 Å². The molecule has 0 spiro atoms. The molecule has 5 heteroatoms. The van der Waals surface area contributed by atoms with Crippen LogP contribution >= 0.6 is 0 Å². The van der Waals surface area contributed by atoms with E-state index in [2.05, 4.69) is 6.92 Å². The van der Waals surface area contributed by atoms with Gasteiger partial charge in [0.15, 0.2) is 0 Å². The van der Waals surface area contributed by atoms with Crippen molar-refractivity contribution < 1.29 is 18.1 Å². The van der Waals surface area contributed by atoms with E-state index in [0.29, 0.717) is 6.42 Å². The monoisotopic (exact) mass is 294 g/mol. The summed E-state index contributed by atoms with van der Waals surface area (Å²) >= 11 is 0. The van der Waals surface area contributed by atoms with Gasteiger partial charge in [-0.3, -0.25) is 4.55 Å². The quantitative estimate of drug-likeness (QED) is 0.402. The lowest BCUT2D eigenvalue weighted by atomic mass is 10.0. The van der Waals surface area contributed by atoms with Gasteiger partial charge in [0.1, 0.15) is 0 Å². The molecule has 0 aliphatic heterocycles. The van der Waals surface area contributed by atoms with Gasteiger partial charge < -0.3 is 5.11 Å². The summed E-state index contributed by atoms with van der Waals surface area (Å²) in [6.45, 7) is 2.18. The van der Waals surface area contributed by atoms with Gasteiger partial charge in [0.05, 0.1) is 11.9 Å². The molecule has 0 bridgehead atoms. The van der Waals surface area contributed by atoms with Gasteiger partial charge in [-0.25, -0.2) is 0 Å². The van der Waals surface area contributed by atoms with Gasteiger partial charge in [0.25, 0.3) is 10.1 Å². The lowest BCUT2D eigenvalue weighted by Gasteiger charge is -2.09. The van der Waals surface area contributed by atoms with Crippen LogP contribution in [0.2, 0.25) is 0 Å². The van der Waals surface area contributed by atoms with Gasteiger partial charge in [0, 0.05) is 0 Å². The molecule has 0 radical (unpaired) electrons. The Labute approximate surface area is 118 Å². The Morgan fingerprint density at radius 2 is 1.32 bits per heavy atom. The van der Waals surface area contributed by atoms with Gasteiger partial charge in [-0.05, 0) is 19.3 Å². The first kappa shape index (κ1) is 18.9. The van der Waals surface area contributed by atoms with Crippen LogP contribution in [0.25, 0.3) is 0 Å². The molecular weight excluding hydrogens is 264 g/mol. The average Bonchev–Trinajstić information content (AvgIpc) is 2.32. The second-order valence-electron chi connectivity index (χ2n) is 5.35. The lowest BCUT2D eigenvalue weighted by molar-refractivity contribution is 0.147. The Balaban J connectivity index is 3.25. The molecule has 19 heavy (non-hydrogen) atoms. The molecule has 2 N–H and O–H groups in total. The van der Waals surface area contributed by atoms with Crippen molar-refractivity contribution in [2.24, 2.45) is 0 Å². The number of hydrogen-bond donors (Lipinski definition) is 2. The van der Waals surface area contributed by atoms with E-state index in [4.69, 9.17) is 4.55 Å². The maximum absolute atomic E-state index is 10.5. The Morgan fingerprint density at radius 1 is 0.842 bits per heavy atom. The zero-order chi connectivity index (χ0) is 14.6. The van der Waals surface area contributed by atoms with Crippen molar-refractivity contribution in [2.45, 2.75) is 83.7 Å². The molecule has 1 atom stereocenters. The summed E-state index contributed by atoms with van der Waals surface area (Å²) in [5.41, 5.74) is 0. The highest BCUT2D eigenvalue weighted by atomic mass is 32.2. The largest absolute Gasteiger partial charge is 0.393 e. The minimum Gasteiger partial charge on any atom is -0.393 e. The van der Waals surface area contributed by atoms with E-state index in [9.17, 15) is 13.5 Å². The SMILES string of the molecule is CCCCCCC(O)CCCCCCCS(=O)(=O)O. The second-order valence-corrected chi connectivity index (χ2v) is 6.92. The molecule has 0 aliphatic carbocycles. The number of rotatable bonds is 13. The number of hydrogen-bond acceptors (Lipinski definition) is 3. The highest BCUT2D eigenvalue weighted by molar-refractivity contribution is 7.85. The minimum atomic E-state index is -3.79. The van der Waals surface area contributed by atoms with Crippen LogP contribution < -0.4 is 0 Å². The van der Waals surface area contributed by atoms with Crippen LogP contribution in [0.4, 0.5) is 0 Å². The van der Waals surface area contributed by atoms with Gasteiger partial charge in [-0.1, -0.05) is 58.3 Å². The molecule has 0 heterocycles. The van der Waals surface area contributed by atoms with E-state index in [1.807, 2.05) is 0 Å². The first-order valence-corrected chi connectivity index (χ1v) is 9.20. The molecule has 0 fully saturated rings. The highest BCUT2D eigenvalue weighted by Crippen LogP contribution is 2.12. The topological polar surface area (TPSA) is 74.6 Å². The number of aliphatic hydroxyl groups is 1. The minimum absolute atomic E-state index is 0.132. The van der Waals surface area contributed by atoms with Gasteiger partial charge in [0.2, 0.25) is 0 Å². The fraction of sp³-hybridized carbons (Fsp3) is 1.00. The molecule has 116 valence electrons. The molecule has 0 aromatic rings. The third-order valence-electron chi connectivity index (χ3n) is 3.33. The van der Waals surface area contributed by atoms with Crippen molar-refractivity contribution in [2.75, 3.05) is 5.75 Å². The molecule has 1 unspecified atom stereocenters. The second kappa shape index (κ2) is 11.7. The maximum atomic E-state index is 10.5. The Kier molecular flexibility index (Phi) is 11.6. The Morgan fingerprint density at radius 3 is 1.84 bits per heavy atom. The van der Waals surface area contributed by atoms with Crippen LogP contribution in [0.3, 0.4) is 0 Å². The van der Waals surface area contributed by atoms with Gasteiger partial charge in [-0.2, -0.15) is 8.42 Å². The first-order valence-electron chi connectivity index (χ1n) is 7.59. The fourth-order valence-electron chi connectivity index (χ4n) is 2.15. The molecule has 0 saturated carbocycles. The predicted molar refractivity (Wildman–Crippen MR) is 78.9 cm³/mol. The van der Waals surface area contributed by atoms with E-state index in [0.717, 1.165) is 44.9 Å². The van der Waals surface area contributed by atoms with E-state index < -0.39 is 10.1 Å². The van der Waals surface area contributed by atoms with Gasteiger partial charge >= 0.3 is 0 Å². The summed E-state index contributed by atoms with van der Waals surface area (Å²) in [7, 11) is -3.79. The molecule has 0 rings (SSSR count). The standard InChI is InChI=1S/C14H30O4S/c1-2-3-4-8-11-14(15)12-9-6-5-7-10-13-19(16,17)18/h14-15H,2-13H2,1H3,(H,16,17,18). The zero-order valence-corrected chi connectivity index (χ0v) is 13.0. The summed E-state index contributed by atoms with van der Waals surface area (Å²) in [5, 5.41) is 9.75. The smallest absolute Gasteiger partial charge is 0.264 e.